The van der Waals surface area contributed by atoms with Crippen LogP contribution in [0.15, 0.2) is 18.2 Å². The zero-order valence-corrected chi connectivity index (χ0v) is 11.4. The average molecular weight is 282 g/mol. The number of halogens is 1. The van der Waals surface area contributed by atoms with Gasteiger partial charge in [-0.15, -0.1) is 0 Å². The summed E-state index contributed by atoms with van der Waals surface area (Å²) in [6.07, 6.45) is 0.620. The fraction of sp³-hybridized carbons (Fsp3) is 0.385. The summed E-state index contributed by atoms with van der Waals surface area (Å²) in [6, 6.07) is 5.06. The van der Waals surface area contributed by atoms with E-state index in [1.807, 2.05) is 19.1 Å². The molecule has 0 radical (unpaired) electrons. The number of piperazine rings is 1. The Balaban J connectivity index is 2.35. The fourth-order valence-electron chi connectivity index (χ4n) is 2.22. The molecule has 2 rings (SSSR count). The monoisotopic (exact) mass is 281 g/mol. The Morgan fingerprint density at radius 2 is 2.21 bits per heavy atom. The van der Waals surface area contributed by atoms with E-state index in [9.17, 15) is 9.59 Å². The maximum absolute atomic E-state index is 11.8. The van der Waals surface area contributed by atoms with Gasteiger partial charge in [-0.25, -0.2) is 0 Å². The van der Waals surface area contributed by atoms with Crippen LogP contribution in [-0.2, 0) is 16.1 Å². The molecule has 1 saturated heterocycles. The summed E-state index contributed by atoms with van der Waals surface area (Å²) in [6.45, 7) is 2.42. The molecule has 1 unspecified atom stereocenters. The molecular formula is C13H16ClN3O2. The number of nitrogens with two attached hydrogens (primary N) is 1. The summed E-state index contributed by atoms with van der Waals surface area (Å²) in [4.78, 5) is 25.1. The van der Waals surface area contributed by atoms with E-state index in [0.29, 0.717) is 18.0 Å². The van der Waals surface area contributed by atoms with Crippen molar-refractivity contribution in [3.8, 4) is 0 Å². The molecule has 5 nitrogen and oxygen atoms in total. The van der Waals surface area contributed by atoms with Crippen molar-refractivity contribution in [1.82, 2.24) is 5.32 Å². The van der Waals surface area contributed by atoms with Crippen LogP contribution < -0.4 is 16.0 Å². The quantitative estimate of drug-likeness (QED) is 0.812. The van der Waals surface area contributed by atoms with Crippen molar-refractivity contribution in [3.05, 3.63) is 28.8 Å². The number of nitrogens with zero attached hydrogens (tertiary/aromatic N) is 1. The molecule has 0 aromatic heterocycles. The smallest absolute Gasteiger partial charge is 0.249 e. The van der Waals surface area contributed by atoms with Gasteiger partial charge in [-0.3, -0.25) is 14.9 Å². The Kier molecular flexibility index (Phi) is 4.07. The van der Waals surface area contributed by atoms with Gasteiger partial charge < -0.3 is 10.6 Å². The first-order chi connectivity index (χ1) is 9.06. The normalized spacial score (nSPS) is 19.5. The highest BCUT2D eigenvalue weighted by molar-refractivity contribution is 6.31. The number of imide groups is 1. The van der Waals surface area contributed by atoms with Crippen molar-refractivity contribution in [2.75, 3.05) is 11.4 Å². The van der Waals surface area contributed by atoms with E-state index in [1.54, 1.807) is 11.0 Å². The molecule has 0 aliphatic carbocycles. The number of anilines is 1. The lowest BCUT2D eigenvalue weighted by atomic mass is 10.1. The van der Waals surface area contributed by atoms with Gasteiger partial charge >= 0.3 is 0 Å². The first kappa shape index (κ1) is 13.8. The highest BCUT2D eigenvalue weighted by Gasteiger charge is 2.32. The predicted octanol–water partition coefficient (Wildman–Crippen LogP) is 1.04. The molecule has 1 heterocycles. The number of nitrogens with one attached hydrogen (secondary N) is 1. The van der Waals surface area contributed by atoms with E-state index in [1.165, 1.54) is 0 Å². The van der Waals surface area contributed by atoms with Crippen LogP contribution in [0.3, 0.4) is 0 Å². The molecule has 1 aromatic rings. The zero-order chi connectivity index (χ0) is 14.0. The topological polar surface area (TPSA) is 75.4 Å². The molecule has 2 amide bonds. The van der Waals surface area contributed by atoms with Gasteiger partial charge in [-0.05, 0) is 24.1 Å². The Hall–Kier alpha value is -1.59. The highest BCUT2D eigenvalue weighted by atomic mass is 35.5. The van der Waals surface area contributed by atoms with Crippen LogP contribution >= 0.6 is 11.6 Å². The molecule has 0 saturated carbocycles. The second kappa shape index (κ2) is 5.59. The number of hydrogen-bond donors (Lipinski definition) is 2. The minimum Gasteiger partial charge on any atom is -0.350 e. The van der Waals surface area contributed by atoms with Gasteiger partial charge in [-0.1, -0.05) is 24.6 Å². The highest BCUT2D eigenvalue weighted by Crippen LogP contribution is 2.26. The lowest BCUT2D eigenvalue weighted by Crippen LogP contribution is -2.58. The van der Waals surface area contributed by atoms with Crippen LogP contribution in [-0.4, -0.2) is 24.4 Å². The molecule has 3 N–H and O–H groups in total. The molecule has 102 valence electrons. The second-order valence-corrected chi connectivity index (χ2v) is 4.85. The number of carbonyl (C=O) groups excluding carboxylic acids is 2. The third kappa shape index (κ3) is 2.72. The minimum absolute atomic E-state index is 0.155. The van der Waals surface area contributed by atoms with Gasteiger partial charge in [-0.2, -0.15) is 0 Å². The minimum atomic E-state index is -0.350. The van der Waals surface area contributed by atoms with Gasteiger partial charge in [0.2, 0.25) is 11.8 Å². The number of rotatable bonds is 3. The summed E-state index contributed by atoms with van der Waals surface area (Å²) < 4.78 is 0. The van der Waals surface area contributed by atoms with E-state index < -0.39 is 0 Å². The van der Waals surface area contributed by atoms with Crippen LogP contribution in [0.25, 0.3) is 0 Å². The Morgan fingerprint density at radius 3 is 2.79 bits per heavy atom. The van der Waals surface area contributed by atoms with Crippen molar-refractivity contribution in [1.29, 1.82) is 0 Å². The van der Waals surface area contributed by atoms with Gasteiger partial charge in [0, 0.05) is 17.3 Å². The van der Waals surface area contributed by atoms with Crippen molar-refractivity contribution < 1.29 is 9.59 Å². The number of hydrogen-bond acceptors (Lipinski definition) is 4. The summed E-state index contributed by atoms with van der Waals surface area (Å²) in [7, 11) is 0. The van der Waals surface area contributed by atoms with Crippen molar-refractivity contribution in [2.24, 2.45) is 5.73 Å². The number of benzene rings is 1. The molecule has 1 aromatic carbocycles. The van der Waals surface area contributed by atoms with Gasteiger partial charge in [0.1, 0.15) is 6.04 Å². The van der Waals surface area contributed by atoms with E-state index in [2.05, 4.69) is 5.32 Å². The van der Waals surface area contributed by atoms with Crippen LogP contribution in [0.2, 0.25) is 5.02 Å². The van der Waals surface area contributed by atoms with E-state index >= 15 is 0 Å². The maximum atomic E-state index is 11.8. The molecule has 1 aliphatic rings. The van der Waals surface area contributed by atoms with Crippen molar-refractivity contribution in [3.63, 3.8) is 0 Å². The average Bonchev–Trinajstić information content (AvgIpc) is 2.37. The van der Waals surface area contributed by atoms with Crippen molar-refractivity contribution in [2.45, 2.75) is 25.9 Å². The van der Waals surface area contributed by atoms with Crippen LogP contribution in [0.1, 0.15) is 18.9 Å². The molecule has 6 heteroatoms. The molecule has 0 spiro atoms. The fourth-order valence-corrected chi connectivity index (χ4v) is 2.48. The Labute approximate surface area is 116 Å². The second-order valence-electron chi connectivity index (χ2n) is 4.44. The molecule has 1 atom stereocenters. The van der Waals surface area contributed by atoms with Gasteiger partial charge in [0.05, 0.1) is 6.54 Å². The van der Waals surface area contributed by atoms with Gasteiger partial charge in [0.25, 0.3) is 0 Å². The lowest BCUT2D eigenvalue weighted by molar-refractivity contribution is -0.132. The van der Waals surface area contributed by atoms with Crippen molar-refractivity contribution >= 4 is 29.1 Å². The maximum Gasteiger partial charge on any atom is 0.249 e. The Bertz CT molecular complexity index is 519. The van der Waals surface area contributed by atoms with E-state index in [4.69, 9.17) is 17.3 Å². The summed E-state index contributed by atoms with van der Waals surface area (Å²) in [5.74, 6) is -0.563. The van der Waals surface area contributed by atoms with E-state index in [-0.39, 0.29) is 24.4 Å². The molecular weight excluding hydrogens is 266 g/mol. The summed E-state index contributed by atoms with van der Waals surface area (Å²) in [5, 5.41) is 2.89. The largest absolute Gasteiger partial charge is 0.350 e. The number of carbonyl (C=O) groups is 2. The van der Waals surface area contributed by atoms with Crippen LogP contribution in [0, 0.1) is 0 Å². The van der Waals surface area contributed by atoms with Crippen LogP contribution in [0.5, 0.6) is 0 Å². The standard InChI is InChI=1S/C13H16ClN3O2/c1-2-11-13(19)16-12(18)7-17(11)9-4-3-8(6-15)10(14)5-9/h3-5,11H,2,6-7,15H2,1H3,(H,16,18,19). The molecule has 1 fully saturated rings. The molecule has 19 heavy (non-hydrogen) atoms. The molecule has 1 aliphatic heterocycles. The zero-order valence-electron chi connectivity index (χ0n) is 10.6. The number of amides is 2. The van der Waals surface area contributed by atoms with E-state index in [0.717, 1.165) is 11.3 Å². The summed E-state index contributed by atoms with van der Waals surface area (Å²) in [5.41, 5.74) is 7.16. The summed E-state index contributed by atoms with van der Waals surface area (Å²) >= 11 is 6.12. The first-order valence-corrected chi connectivity index (χ1v) is 6.53. The third-order valence-corrected chi connectivity index (χ3v) is 3.58. The predicted molar refractivity (Wildman–Crippen MR) is 73.9 cm³/mol. The third-order valence-electron chi connectivity index (χ3n) is 3.23. The lowest BCUT2D eigenvalue weighted by Gasteiger charge is -2.35. The SMILES string of the molecule is CCC1C(=O)NC(=O)CN1c1ccc(CN)c(Cl)c1. The Morgan fingerprint density at radius 1 is 1.47 bits per heavy atom. The molecule has 0 bridgehead atoms. The van der Waals surface area contributed by atoms with Crippen LogP contribution in [0.4, 0.5) is 5.69 Å². The van der Waals surface area contributed by atoms with Gasteiger partial charge in [0.15, 0.2) is 0 Å². The first-order valence-electron chi connectivity index (χ1n) is 6.15.